The van der Waals surface area contributed by atoms with E-state index in [0.717, 1.165) is 4.90 Å². The number of amides is 4. The number of carbonyl (C=O) groups is 3. The molecule has 1 saturated heterocycles. The van der Waals surface area contributed by atoms with Crippen LogP contribution in [0.1, 0.15) is 6.42 Å². The Morgan fingerprint density at radius 3 is 2.79 bits per heavy atom. The van der Waals surface area contributed by atoms with E-state index in [1.165, 1.54) is 19.4 Å². The van der Waals surface area contributed by atoms with Gasteiger partial charge in [-0.15, -0.1) is 0 Å². The van der Waals surface area contributed by atoms with Crippen LogP contribution in [0.3, 0.4) is 0 Å². The molecule has 0 aromatic rings. The molecular weight excluding hydrogens is 188 g/mol. The highest BCUT2D eigenvalue weighted by molar-refractivity contribution is 6.14. The maximum atomic E-state index is 11.2. The number of carbonyl (C=O) groups excluding carboxylic acids is 3. The maximum Gasteiger partial charge on any atom is 0.331 e. The highest BCUT2D eigenvalue weighted by atomic mass is 16.5. The van der Waals surface area contributed by atoms with Crippen molar-refractivity contribution in [2.45, 2.75) is 6.42 Å². The minimum absolute atomic E-state index is 0.103. The van der Waals surface area contributed by atoms with Crippen LogP contribution in [0, 0.1) is 0 Å². The second-order valence-electron chi connectivity index (χ2n) is 2.64. The number of nitrogens with zero attached hydrogens (tertiary/aromatic N) is 1. The van der Waals surface area contributed by atoms with E-state index in [0.29, 0.717) is 0 Å². The van der Waals surface area contributed by atoms with Crippen molar-refractivity contribution >= 4 is 17.8 Å². The van der Waals surface area contributed by atoms with Gasteiger partial charge in [0.1, 0.15) is 6.42 Å². The van der Waals surface area contributed by atoms with Gasteiger partial charge < -0.3 is 4.74 Å². The second-order valence-corrected chi connectivity index (χ2v) is 2.64. The standard InChI is InChI=1S/C8H10N2O4/c1-14-4-2-3-10-7(12)5-6(11)9-8(10)13/h2,4H,3,5H2,1H3,(H,9,11,13). The summed E-state index contributed by atoms with van der Waals surface area (Å²) in [6.07, 6.45) is 2.58. The molecule has 4 amide bonds. The maximum absolute atomic E-state index is 11.2. The summed E-state index contributed by atoms with van der Waals surface area (Å²) in [6.45, 7) is 0.103. The molecule has 6 heteroatoms. The average molecular weight is 198 g/mol. The zero-order valence-corrected chi connectivity index (χ0v) is 7.65. The molecule has 76 valence electrons. The van der Waals surface area contributed by atoms with Gasteiger partial charge in [0.05, 0.1) is 19.9 Å². The lowest BCUT2D eigenvalue weighted by Crippen LogP contribution is -2.52. The Morgan fingerprint density at radius 1 is 1.50 bits per heavy atom. The molecule has 14 heavy (non-hydrogen) atoms. The molecule has 0 radical (unpaired) electrons. The van der Waals surface area contributed by atoms with Crippen LogP contribution in [0.25, 0.3) is 0 Å². The van der Waals surface area contributed by atoms with Crippen molar-refractivity contribution in [1.82, 2.24) is 10.2 Å². The zero-order valence-electron chi connectivity index (χ0n) is 7.65. The van der Waals surface area contributed by atoms with Crippen LogP contribution in [0.15, 0.2) is 12.3 Å². The van der Waals surface area contributed by atoms with Crippen molar-refractivity contribution in [3.8, 4) is 0 Å². The number of barbiturate groups is 1. The molecule has 1 fully saturated rings. The fraction of sp³-hybridized carbons (Fsp3) is 0.375. The summed E-state index contributed by atoms with van der Waals surface area (Å²) < 4.78 is 4.61. The summed E-state index contributed by atoms with van der Waals surface area (Å²) in [5.41, 5.74) is 0. The van der Waals surface area contributed by atoms with Gasteiger partial charge in [0, 0.05) is 0 Å². The molecule has 0 bridgehead atoms. The van der Waals surface area contributed by atoms with Gasteiger partial charge >= 0.3 is 6.03 Å². The highest BCUT2D eigenvalue weighted by Crippen LogP contribution is 2.02. The van der Waals surface area contributed by atoms with Crippen LogP contribution in [0.4, 0.5) is 4.79 Å². The first-order valence-electron chi connectivity index (χ1n) is 3.97. The number of imide groups is 2. The second kappa shape index (κ2) is 4.40. The predicted molar refractivity (Wildman–Crippen MR) is 46.0 cm³/mol. The van der Waals surface area contributed by atoms with E-state index in [1.54, 1.807) is 0 Å². The van der Waals surface area contributed by atoms with Crippen LogP contribution >= 0.6 is 0 Å². The minimum atomic E-state index is -0.688. The van der Waals surface area contributed by atoms with E-state index in [1.807, 2.05) is 5.32 Å². The van der Waals surface area contributed by atoms with Crippen molar-refractivity contribution in [1.29, 1.82) is 0 Å². The van der Waals surface area contributed by atoms with E-state index in [-0.39, 0.29) is 13.0 Å². The number of urea groups is 1. The number of hydrogen-bond donors (Lipinski definition) is 1. The third-order valence-electron chi connectivity index (χ3n) is 1.62. The van der Waals surface area contributed by atoms with Crippen LogP contribution in [-0.2, 0) is 14.3 Å². The summed E-state index contributed by atoms with van der Waals surface area (Å²) in [4.78, 5) is 34.0. The number of hydrogen-bond acceptors (Lipinski definition) is 4. The van der Waals surface area contributed by atoms with Crippen LogP contribution < -0.4 is 5.32 Å². The van der Waals surface area contributed by atoms with Gasteiger partial charge in [0.15, 0.2) is 0 Å². The lowest BCUT2D eigenvalue weighted by atomic mass is 10.3. The lowest BCUT2D eigenvalue weighted by Gasteiger charge is -2.22. The van der Waals surface area contributed by atoms with Crippen molar-refractivity contribution in [3.63, 3.8) is 0 Å². The average Bonchev–Trinajstić information content (AvgIpc) is 2.09. The van der Waals surface area contributed by atoms with Gasteiger partial charge in [-0.1, -0.05) is 0 Å². The monoisotopic (exact) mass is 198 g/mol. The van der Waals surface area contributed by atoms with Crippen molar-refractivity contribution < 1.29 is 19.1 Å². The van der Waals surface area contributed by atoms with E-state index < -0.39 is 17.8 Å². The number of rotatable bonds is 3. The third-order valence-corrected chi connectivity index (χ3v) is 1.62. The quantitative estimate of drug-likeness (QED) is 0.495. The number of nitrogens with one attached hydrogen (secondary N) is 1. The predicted octanol–water partition coefficient (Wildman–Crippen LogP) is -0.385. The zero-order chi connectivity index (χ0) is 10.6. The molecule has 1 aliphatic heterocycles. The van der Waals surface area contributed by atoms with Gasteiger partial charge in [-0.2, -0.15) is 0 Å². The van der Waals surface area contributed by atoms with Gasteiger partial charge in [-0.25, -0.2) is 4.79 Å². The number of methoxy groups -OCH3 is 1. The van der Waals surface area contributed by atoms with Crippen molar-refractivity contribution in [2.75, 3.05) is 13.7 Å². The van der Waals surface area contributed by atoms with Crippen molar-refractivity contribution in [2.24, 2.45) is 0 Å². The Kier molecular flexibility index (Phi) is 3.22. The molecule has 0 aromatic heterocycles. The van der Waals surface area contributed by atoms with E-state index in [2.05, 4.69) is 4.74 Å². The molecule has 6 nitrogen and oxygen atoms in total. The van der Waals surface area contributed by atoms with Gasteiger partial charge in [-0.3, -0.25) is 19.8 Å². The van der Waals surface area contributed by atoms with Crippen molar-refractivity contribution in [3.05, 3.63) is 12.3 Å². The summed E-state index contributed by atoms with van der Waals surface area (Å²) in [5, 5.41) is 2.04. The Hall–Kier alpha value is -1.85. The smallest absolute Gasteiger partial charge is 0.331 e. The molecule has 0 saturated carbocycles. The molecular formula is C8H10N2O4. The Balaban J connectivity index is 2.59. The topological polar surface area (TPSA) is 75.7 Å². The minimum Gasteiger partial charge on any atom is -0.505 e. The highest BCUT2D eigenvalue weighted by Gasteiger charge is 2.29. The van der Waals surface area contributed by atoms with Gasteiger partial charge in [0.2, 0.25) is 11.8 Å². The SMILES string of the molecule is COC=CCN1C(=O)CC(=O)NC1=O. The first kappa shape index (κ1) is 10.2. The molecule has 1 N–H and O–H groups in total. The van der Waals surface area contributed by atoms with Gasteiger partial charge in [0.25, 0.3) is 0 Å². The Labute approximate surface area is 80.5 Å². The Morgan fingerprint density at radius 2 is 2.21 bits per heavy atom. The lowest BCUT2D eigenvalue weighted by molar-refractivity contribution is -0.135. The summed E-state index contributed by atoms with van der Waals surface area (Å²) in [6, 6.07) is -0.688. The molecule has 0 aromatic carbocycles. The molecule has 0 unspecified atom stereocenters. The third kappa shape index (κ3) is 2.32. The molecule has 1 rings (SSSR count). The molecule has 0 atom stereocenters. The largest absolute Gasteiger partial charge is 0.505 e. The fourth-order valence-electron chi connectivity index (χ4n) is 1.01. The van der Waals surface area contributed by atoms with E-state index in [4.69, 9.17) is 0 Å². The first-order chi connectivity index (χ1) is 6.65. The fourth-order valence-corrected chi connectivity index (χ4v) is 1.01. The molecule has 0 spiro atoms. The molecule has 1 aliphatic rings. The number of ether oxygens (including phenoxy) is 1. The Bertz CT molecular complexity index is 278. The van der Waals surface area contributed by atoms with Crippen LogP contribution in [0.5, 0.6) is 0 Å². The van der Waals surface area contributed by atoms with E-state index in [9.17, 15) is 14.4 Å². The van der Waals surface area contributed by atoms with Crippen LogP contribution in [-0.4, -0.2) is 36.4 Å². The normalized spacial score (nSPS) is 17.5. The van der Waals surface area contributed by atoms with E-state index >= 15 is 0 Å². The van der Waals surface area contributed by atoms with Gasteiger partial charge in [-0.05, 0) is 6.08 Å². The summed E-state index contributed by atoms with van der Waals surface area (Å²) in [7, 11) is 1.46. The summed E-state index contributed by atoms with van der Waals surface area (Å²) in [5.74, 6) is -1.06. The molecule has 1 heterocycles. The molecule has 0 aliphatic carbocycles. The first-order valence-corrected chi connectivity index (χ1v) is 3.97. The summed E-state index contributed by atoms with van der Waals surface area (Å²) >= 11 is 0. The van der Waals surface area contributed by atoms with Crippen LogP contribution in [0.2, 0.25) is 0 Å².